The van der Waals surface area contributed by atoms with Crippen LogP contribution < -0.4 is 0 Å². The second-order valence-corrected chi connectivity index (χ2v) is 2.19. The Labute approximate surface area is 65.0 Å². The summed E-state index contributed by atoms with van der Waals surface area (Å²) in [6.07, 6.45) is 5.67. The van der Waals surface area contributed by atoms with E-state index in [1.165, 1.54) is 0 Å². The predicted octanol–water partition coefficient (Wildman–Crippen LogP) is 0.408. The smallest absolute Gasteiger partial charge is 0.338 e. The Bertz CT molecular complexity index is 203. The van der Waals surface area contributed by atoms with E-state index in [1.54, 1.807) is 18.2 Å². The Hall–Kier alpha value is -1.09. The predicted molar refractivity (Wildman–Crippen MR) is 39.9 cm³/mol. The van der Waals surface area contributed by atoms with Crippen LogP contribution in [-0.2, 0) is 9.53 Å². The Kier molecular flexibility index (Phi) is 2.86. The standard InChI is InChI=1S/C8H10O3/c9-5-2-6-11-8(10)7-3-1-4-7/h1,3-4,9H,2,5-6H2. The highest BCUT2D eigenvalue weighted by molar-refractivity contribution is 5.94. The lowest BCUT2D eigenvalue weighted by molar-refractivity contribution is -0.138. The summed E-state index contributed by atoms with van der Waals surface area (Å²) in [7, 11) is 0. The van der Waals surface area contributed by atoms with Gasteiger partial charge in [0.15, 0.2) is 0 Å². The molecule has 11 heavy (non-hydrogen) atoms. The Morgan fingerprint density at radius 2 is 2.36 bits per heavy atom. The number of rotatable bonds is 4. The second-order valence-electron chi connectivity index (χ2n) is 2.19. The van der Waals surface area contributed by atoms with Gasteiger partial charge in [-0.3, -0.25) is 0 Å². The quantitative estimate of drug-likeness (QED) is 0.471. The van der Waals surface area contributed by atoms with Crippen molar-refractivity contribution in [2.45, 2.75) is 6.42 Å². The van der Waals surface area contributed by atoms with Gasteiger partial charge in [0, 0.05) is 13.0 Å². The number of allylic oxidation sites excluding steroid dienone is 2. The maximum atomic E-state index is 10.9. The molecule has 3 nitrogen and oxygen atoms in total. The van der Waals surface area contributed by atoms with E-state index in [4.69, 9.17) is 9.84 Å². The van der Waals surface area contributed by atoms with Crippen molar-refractivity contribution in [3.63, 3.8) is 0 Å². The summed E-state index contributed by atoms with van der Waals surface area (Å²) < 4.78 is 4.77. The van der Waals surface area contributed by atoms with E-state index in [9.17, 15) is 4.79 Å². The molecular formula is C8H10O3. The van der Waals surface area contributed by atoms with Crippen LogP contribution in [0.5, 0.6) is 0 Å². The van der Waals surface area contributed by atoms with Crippen molar-refractivity contribution in [2.75, 3.05) is 13.2 Å². The van der Waals surface area contributed by atoms with Crippen molar-refractivity contribution in [2.24, 2.45) is 0 Å². The average Bonchev–Trinajstić information content (AvgIpc) is 1.84. The minimum atomic E-state index is -0.305. The molecule has 0 amide bonds. The zero-order valence-electron chi connectivity index (χ0n) is 6.12. The Balaban J connectivity index is 2.11. The van der Waals surface area contributed by atoms with Crippen LogP contribution in [-0.4, -0.2) is 24.3 Å². The number of hydrogen-bond acceptors (Lipinski definition) is 3. The molecule has 0 heterocycles. The molecule has 0 radical (unpaired) electrons. The molecule has 0 saturated carbocycles. The summed E-state index contributed by atoms with van der Waals surface area (Å²) in [6, 6.07) is 0. The van der Waals surface area contributed by atoms with Crippen molar-refractivity contribution < 1.29 is 14.6 Å². The van der Waals surface area contributed by atoms with Crippen LogP contribution in [0.25, 0.3) is 0 Å². The van der Waals surface area contributed by atoms with Crippen molar-refractivity contribution >= 4 is 5.97 Å². The SMILES string of the molecule is O=C(OCCCO)C1=CC=C1. The van der Waals surface area contributed by atoms with Gasteiger partial charge in [-0.05, 0) is 12.2 Å². The minimum Gasteiger partial charge on any atom is -0.462 e. The number of esters is 1. The van der Waals surface area contributed by atoms with Crippen molar-refractivity contribution in [1.29, 1.82) is 0 Å². The van der Waals surface area contributed by atoms with Crippen LogP contribution in [0.2, 0.25) is 0 Å². The normalized spacial score (nSPS) is 13.7. The molecule has 0 aromatic heterocycles. The number of carbonyl (C=O) groups excluding carboxylic acids is 1. The molecule has 0 bridgehead atoms. The number of aliphatic hydroxyl groups excluding tert-OH is 1. The third kappa shape index (κ3) is 2.20. The van der Waals surface area contributed by atoms with Gasteiger partial charge in [-0.2, -0.15) is 0 Å². The van der Waals surface area contributed by atoms with Gasteiger partial charge in [0.05, 0.1) is 12.2 Å². The topological polar surface area (TPSA) is 46.5 Å². The lowest BCUT2D eigenvalue weighted by Crippen LogP contribution is -2.10. The third-order valence-electron chi connectivity index (χ3n) is 1.32. The molecule has 0 aromatic carbocycles. The fraction of sp³-hybridized carbons (Fsp3) is 0.375. The second kappa shape index (κ2) is 3.93. The van der Waals surface area contributed by atoms with Crippen molar-refractivity contribution in [1.82, 2.24) is 0 Å². The summed E-state index contributed by atoms with van der Waals surface area (Å²) in [5, 5.41) is 8.37. The zero-order chi connectivity index (χ0) is 8.10. The molecule has 0 spiro atoms. The number of aliphatic hydroxyl groups is 1. The summed E-state index contributed by atoms with van der Waals surface area (Å²) in [5.74, 6) is -0.305. The molecule has 1 aliphatic carbocycles. The van der Waals surface area contributed by atoms with Gasteiger partial charge in [0.25, 0.3) is 0 Å². The van der Waals surface area contributed by atoms with E-state index in [1.807, 2.05) is 0 Å². The molecule has 0 saturated heterocycles. The molecule has 60 valence electrons. The van der Waals surface area contributed by atoms with Crippen molar-refractivity contribution in [3.8, 4) is 0 Å². The summed E-state index contributed by atoms with van der Waals surface area (Å²) in [4.78, 5) is 10.9. The van der Waals surface area contributed by atoms with Gasteiger partial charge in [-0.1, -0.05) is 6.08 Å². The van der Waals surface area contributed by atoms with Gasteiger partial charge < -0.3 is 9.84 Å². The summed E-state index contributed by atoms with van der Waals surface area (Å²) in [6.45, 7) is 0.350. The number of carbonyl (C=O) groups is 1. The van der Waals surface area contributed by atoms with Gasteiger partial charge in [0.1, 0.15) is 0 Å². The maximum absolute atomic E-state index is 10.9. The lowest BCUT2D eigenvalue weighted by Gasteiger charge is -2.06. The first-order valence-electron chi connectivity index (χ1n) is 3.51. The van der Waals surface area contributed by atoms with E-state index in [0.717, 1.165) is 0 Å². The van der Waals surface area contributed by atoms with Crippen LogP contribution in [0.1, 0.15) is 6.42 Å². The summed E-state index contributed by atoms with van der Waals surface area (Å²) in [5.41, 5.74) is 0.600. The highest BCUT2D eigenvalue weighted by Gasteiger charge is 2.09. The van der Waals surface area contributed by atoms with Crippen LogP contribution in [0, 0.1) is 0 Å². The summed E-state index contributed by atoms with van der Waals surface area (Å²) >= 11 is 0. The fourth-order valence-corrected chi connectivity index (χ4v) is 0.641. The molecule has 0 atom stereocenters. The van der Waals surface area contributed by atoms with Gasteiger partial charge in [0.2, 0.25) is 0 Å². The lowest BCUT2D eigenvalue weighted by atomic mass is 10.1. The first-order chi connectivity index (χ1) is 5.34. The molecule has 3 heteroatoms. The van der Waals surface area contributed by atoms with E-state index in [0.29, 0.717) is 18.6 Å². The molecule has 1 rings (SSSR count). The Morgan fingerprint density at radius 3 is 2.82 bits per heavy atom. The monoisotopic (exact) mass is 154 g/mol. The molecule has 1 N–H and O–H groups in total. The maximum Gasteiger partial charge on any atom is 0.338 e. The molecule has 1 aliphatic rings. The van der Waals surface area contributed by atoms with E-state index < -0.39 is 0 Å². The third-order valence-corrected chi connectivity index (χ3v) is 1.32. The largest absolute Gasteiger partial charge is 0.462 e. The molecule has 0 unspecified atom stereocenters. The van der Waals surface area contributed by atoms with Gasteiger partial charge >= 0.3 is 5.97 Å². The number of hydrogen-bond donors (Lipinski definition) is 1. The Morgan fingerprint density at radius 1 is 1.64 bits per heavy atom. The molecule has 0 aromatic rings. The first kappa shape index (κ1) is 8.01. The van der Waals surface area contributed by atoms with Crippen LogP contribution in [0.15, 0.2) is 23.8 Å². The minimum absolute atomic E-state index is 0.0577. The highest BCUT2D eigenvalue weighted by atomic mass is 16.5. The molecular weight excluding hydrogens is 144 g/mol. The highest BCUT2D eigenvalue weighted by Crippen LogP contribution is 2.09. The van der Waals surface area contributed by atoms with Crippen molar-refractivity contribution in [3.05, 3.63) is 23.8 Å². The van der Waals surface area contributed by atoms with Crippen LogP contribution in [0.4, 0.5) is 0 Å². The first-order valence-corrected chi connectivity index (χ1v) is 3.51. The number of ether oxygens (including phenoxy) is 1. The van der Waals surface area contributed by atoms with E-state index in [-0.39, 0.29) is 12.6 Å². The van der Waals surface area contributed by atoms with E-state index in [2.05, 4.69) is 0 Å². The van der Waals surface area contributed by atoms with Crippen LogP contribution >= 0.6 is 0 Å². The average molecular weight is 154 g/mol. The van der Waals surface area contributed by atoms with E-state index >= 15 is 0 Å². The van der Waals surface area contributed by atoms with Crippen LogP contribution in [0.3, 0.4) is 0 Å². The van der Waals surface area contributed by atoms with Gasteiger partial charge in [-0.25, -0.2) is 4.79 Å². The molecule has 0 fully saturated rings. The molecule has 0 aliphatic heterocycles. The zero-order valence-corrected chi connectivity index (χ0v) is 6.12. The fourth-order valence-electron chi connectivity index (χ4n) is 0.641. The van der Waals surface area contributed by atoms with Gasteiger partial charge in [-0.15, -0.1) is 0 Å².